The fourth-order valence-corrected chi connectivity index (χ4v) is 3.06. The average molecular weight is 362 g/mol. The third kappa shape index (κ3) is 3.17. The summed E-state index contributed by atoms with van der Waals surface area (Å²) in [6, 6.07) is 17.2. The number of furan rings is 1. The van der Waals surface area contributed by atoms with Crippen LogP contribution in [0.25, 0.3) is 16.8 Å². The van der Waals surface area contributed by atoms with E-state index in [0.717, 1.165) is 28.1 Å². The van der Waals surface area contributed by atoms with E-state index in [1.54, 1.807) is 23.8 Å². The number of rotatable bonds is 5. The number of ether oxygens (including phenoxy) is 2. The van der Waals surface area contributed by atoms with Crippen LogP contribution in [-0.4, -0.2) is 29.8 Å². The second kappa shape index (κ2) is 6.99. The lowest BCUT2D eigenvalue weighted by molar-refractivity contribution is 0.0563. The molecule has 0 bridgehead atoms. The number of carbonyl (C=O) groups is 1. The average Bonchev–Trinajstić information content (AvgIpc) is 3.33. The molecule has 1 aromatic carbocycles. The first-order valence-corrected chi connectivity index (χ1v) is 8.47. The molecule has 0 fully saturated rings. The Bertz CT molecular complexity index is 1100. The van der Waals surface area contributed by atoms with E-state index in [-0.39, 0.29) is 5.76 Å². The highest BCUT2D eigenvalue weighted by molar-refractivity contribution is 5.86. The predicted octanol–water partition coefficient (Wildman–Crippen LogP) is 3.98. The minimum absolute atomic E-state index is 0.187. The topological polar surface area (TPSA) is 66.0 Å². The maximum atomic E-state index is 11.7. The zero-order valence-corrected chi connectivity index (χ0v) is 15.0. The minimum atomic E-state index is -0.492. The summed E-state index contributed by atoms with van der Waals surface area (Å²) in [7, 11) is 2.96. The number of pyridine rings is 1. The SMILES string of the molecule is COC(=O)c1ccc(Cc2c(-c3ccccc3)nn3cc(OC)ccc23)o1. The molecule has 0 atom stereocenters. The molecule has 0 aliphatic heterocycles. The quantitative estimate of drug-likeness (QED) is 0.503. The molecule has 0 radical (unpaired) electrons. The van der Waals surface area contributed by atoms with Crippen LogP contribution in [0.3, 0.4) is 0 Å². The van der Waals surface area contributed by atoms with Gasteiger partial charge in [0.05, 0.1) is 31.6 Å². The van der Waals surface area contributed by atoms with Gasteiger partial charge in [-0.1, -0.05) is 30.3 Å². The zero-order valence-electron chi connectivity index (χ0n) is 15.0. The monoisotopic (exact) mass is 362 g/mol. The Labute approximate surface area is 155 Å². The number of hydrogen-bond donors (Lipinski definition) is 0. The second-order valence-electron chi connectivity index (χ2n) is 6.03. The minimum Gasteiger partial charge on any atom is -0.495 e. The highest BCUT2D eigenvalue weighted by atomic mass is 16.5. The fourth-order valence-electron chi connectivity index (χ4n) is 3.06. The molecule has 4 aromatic rings. The van der Waals surface area contributed by atoms with Crippen LogP contribution in [0.15, 0.2) is 65.2 Å². The lowest BCUT2D eigenvalue weighted by Crippen LogP contribution is -1.98. The molecule has 0 N–H and O–H groups in total. The summed E-state index contributed by atoms with van der Waals surface area (Å²) in [5, 5.41) is 4.75. The van der Waals surface area contributed by atoms with Crippen LogP contribution in [-0.2, 0) is 11.2 Å². The highest BCUT2D eigenvalue weighted by Gasteiger charge is 2.18. The molecule has 6 nitrogen and oxygen atoms in total. The predicted molar refractivity (Wildman–Crippen MR) is 100 cm³/mol. The van der Waals surface area contributed by atoms with Gasteiger partial charge in [-0.2, -0.15) is 5.10 Å². The molecule has 6 heteroatoms. The molecule has 0 spiro atoms. The van der Waals surface area contributed by atoms with Crippen LogP contribution in [0.1, 0.15) is 21.9 Å². The van der Waals surface area contributed by atoms with Gasteiger partial charge in [0.15, 0.2) is 0 Å². The maximum absolute atomic E-state index is 11.7. The molecule has 0 saturated heterocycles. The van der Waals surface area contributed by atoms with Crippen molar-refractivity contribution >= 4 is 11.5 Å². The van der Waals surface area contributed by atoms with Crippen molar-refractivity contribution in [2.75, 3.05) is 14.2 Å². The lowest BCUT2D eigenvalue weighted by atomic mass is 10.0. The van der Waals surface area contributed by atoms with Crippen molar-refractivity contribution in [2.24, 2.45) is 0 Å². The van der Waals surface area contributed by atoms with Crippen LogP contribution >= 0.6 is 0 Å². The Morgan fingerprint density at radius 2 is 1.89 bits per heavy atom. The number of carbonyl (C=O) groups excluding carboxylic acids is 1. The Hall–Kier alpha value is -3.54. The number of methoxy groups -OCH3 is 2. The summed E-state index contributed by atoms with van der Waals surface area (Å²) in [5.41, 5.74) is 3.83. The molecule has 3 aromatic heterocycles. The van der Waals surface area contributed by atoms with Gasteiger partial charge < -0.3 is 13.9 Å². The molecule has 0 amide bonds. The zero-order chi connectivity index (χ0) is 18.8. The van der Waals surface area contributed by atoms with Crippen molar-refractivity contribution in [3.05, 3.63) is 77.9 Å². The molecule has 3 heterocycles. The van der Waals surface area contributed by atoms with Crippen molar-refractivity contribution in [1.29, 1.82) is 0 Å². The summed E-state index contributed by atoms with van der Waals surface area (Å²) >= 11 is 0. The van der Waals surface area contributed by atoms with E-state index < -0.39 is 5.97 Å². The van der Waals surface area contributed by atoms with Crippen LogP contribution in [0.4, 0.5) is 0 Å². The smallest absolute Gasteiger partial charge is 0.373 e. The first-order valence-electron chi connectivity index (χ1n) is 8.47. The molecule has 4 rings (SSSR count). The Kier molecular flexibility index (Phi) is 4.38. The van der Waals surface area contributed by atoms with Gasteiger partial charge in [-0.3, -0.25) is 0 Å². The number of aromatic nitrogens is 2. The van der Waals surface area contributed by atoms with Crippen molar-refractivity contribution in [3.63, 3.8) is 0 Å². The summed E-state index contributed by atoms with van der Waals surface area (Å²) in [6.45, 7) is 0. The standard InChI is InChI=1S/C21H18N2O4/c1-25-16-8-10-18-17(12-15-9-11-19(27-15)21(24)26-2)20(22-23(18)13-16)14-6-4-3-5-7-14/h3-11,13H,12H2,1-2H3. The van der Waals surface area contributed by atoms with Crippen molar-refractivity contribution in [2.45, 2.75) is 6.42 Å². The molecule has 27 heavy (non-hydrogen) atoms. The molecule has 0 unspecified atom stereocenters. The molecule has 0 aliphatic carbocycles. The van der Waals surface area contributed by atoms with E-state index in [1.165, 1.54) is 7.11 Å². The summed E-state index contributed by atoms with van der Waals surface area (Å²) in [5.74, 6) is 1.08. The van der Waals surface area contributed by atoms with Crippen LogP contribution < -0.4 is 4.74 Å². The van der Waals surface area contributed by atoms with Gasteiger partial charge >= 0.3 is 5.97 Å². The Morgan fingerprint density at radius 3 is 2.63 bits per heavy atom. The van der Waals surface area contributed by atoms with Crippen LogP contribution in [0, 0.1) is 0 Å². The Morgan fingerprint density at radius 1 is 1.07 bits per heavy atom. The van der Waals surface area contributed by atoms with Gasteiger partial charge in [0.25, 0.3) is 0 Å². The number of esters is 1. The first-order chi connectivity index (χ1) is 13.2. The van der Waals surface area contributed by atoms with Gasteiger partial charge in [-0.15, -0.1) is 0 Å². The van der Waals surface area contributed by atoms with E-state index in [4.69, 9.17) is 19.0 Å². The Balaban J connectivity index is 1.82. The maximum Gasteiger partial charge on any atom is 0.373 e. The van der Waals surface area contributed by atoms with E-state index in [1.807, 2.05) is 48.7 Å². The molecule has 136 valence electrons. The second-order valence-corrected chi connectivity index (χ2v) is 6.03. The van der Waals surface area contributed by atoms with E-state index in [9.17, 15) is 4.79 Å². The van der Waals surface area contributed by atoms with Gasteiger partial charge in [0, 0.05) is 17.5 Å². The van der Waals surface area contributed by atoms with Crippen molar-refractivity contribution in [1.82, 2.24) is 9.61 Å². The van der Waals surface area contributed by atoms with Crippen molar-refractivity contribution in [3.8, 4) is 17.0 Å². The number of benzene rings is 1. The van der Waals surface area contributed by atoms with Gasteiger partial charge in [0.2, 0.25) is 5.76 Å². The lowest BCUT2D eigenvalue weighted by Gasteiger charge is -2.03. The summed E-state index contributed by atoms with van der Waals surface area (Å²) in [4.78, 5) is 11.7. The molecular formula is C21H18N2O4. The number of fused-ring (bicyclic) bond motifs is 1. The molecule has 0 aliphatic rings. The van der Waals surface area contributed by atoms with Gasteiger partial charge in [-0.25, -0.2) is 9.31 Å². The first kappa shape index (κ1) is 16.9. The molecule has 0 saturated carbocycles. The summed E-state index contributed by atoms with van der Waals surface area (Å²) < 4.78 is 17.5. The fraction of sp³-hybridized carbons (Fsp3) is 0.143. The third-order valence-electron chi connectivity index (χ3n) is 4.39. The van der Waals surface area contributed by atoms with E-state index >= 15 is 0 Å². The van der Waals surface area contributed by atoms with Gasteiger partial charge in [0.1, 0.15) is 11.5 Å². The number of hydrogen-bond acceptors (Lipinski definition) is 5. The largest absolute Gasteiger partial charge is 0.495 e. The normalized spacial score (nSPS) is 10.9. The van der Waals surface area contributed by atoms with E-state index in [2.05, 4.69) is 0 Å². The van der Waals surface area contributed by atoms with Crippen LogP contribution in [0.2, 0.25) is 0 Å². The number of nitrogens with zero attached hydrogens (tertiary/aromatic N) is 2. The molecular weight excluding hydrogens is 344 g/mol. The van der Waals surface area contributed by atoms with Gasteiger partial charge in [-0.05, 0) is 24.3 Å². The van der Waals surface area contributed by atoms with Crippen LogP contribution in [0.5, 0.6) is 5.75 Å². The highest BCUT2D eigenvalue weighted by Crippen LogP contribution is 2.30. The van der Waals surface area contributed by atoms with E-state index in [0.29, 0.717) is 12.2 Å². The summed E-state index contributed by atoms with van der Waals surface area (Å²) in [6.07, 6.45) is 2.34. The van der Waals surface area contributed by atoms with Crippen molar-refractivity contribution < 1.29 is 18.7 Å². The third-order valence-corrected chi connectivity index (χ3v) is 4.39.